The molecular formula is C15H21F3N4O2. The van der Waals surface area contributed by atoms with E-state index in [0.29, 0.717) is 19.5 Å². The third kappa shape index (κ3) is 2.90. The number of halogens is 3. The lowest BCUT2D eigenvalue weighted by Gasteiger charge is -2.53. The smallest absolute Gasteiger partial charge is 0.396 e. The van der Waals surface area contributed by atoms with Crippen LogP contribution in [-0.2, 0) is 6.18 Å². The molecule has 6 nitrogen and oxygen atoms in total. The van der Waals surface area contributed by atoms with E-state index >= 15 is 0 Å². The number of likely N-dealkylation sites (N-methyl/N-ethyl adjacent to an activating group) is 1. The highest BCUT2D eigenvalue weighted by Gasteiger charge is 2.47. The zero-order valence-corrected chi connectivity index (χ0v) is 13.4. The van der Waals surface area contributed by atoms with Crippen LogP contribution in [0.25, 0.3) is 0 Å². The number of carbonyl (C=O) groups excluding carboxylic acids is 1. The number of alkyl halides is 3. The number of carbonyl (C=O) groups is 1. The summed E-state index contributed by atoms with van der Waals surface area (Å²) in [7, 11) is 1.96. The monoisotopic (exact) mass is 346 g/mol. The Kier molecular flexibility index (Phi) is 4.33. The molecule has 2 saturated heterocycles. The van der Waals surface area contributed by atoms with Gasteiger partial charge in [-0.2, -0.15) is 18.3 Å². The van der Waals surface area contributed by atoms with E-state index in [1.54, 1.807) is 0 Å². The summed E-state index contributed by atoms with van der Waals surface area (Å²) in [6.07, 6.45) is -2.01. The van der Waals surface area contributed by atoms with Gasteiger partial charge < -0.3 is 14.9 Å². The third-order valence-electron chi connectivity index (χ3n) is 5.40. The number of aliphatic hydroxyl groups excluding tert-OH is 1. The van der Waals surface area contributed by atoms with Gasteiger partial charge in [-0.1, -0.05) is 0 Å². The highest BCUT2D eigenvalue weighted by molar-refractivity contribution is 5.92. The number of hydrogen-bond acceptors (Lipinski definition) is 4. The first-order chi connectivity index (χ1) is 11.3. The highest BCUT2D eigenvalue weighted by Crippen LogP contribution is 2.41. The number of aliphatic hydroxyl groups is 1. The van der Waals surface area contributed by atoms with Crippen molar-refractivity contribution in [2.24, 2.45) is 5.41 Å². The lowest BCUT2D eigenvalue weighted by molar-refractivity contribution is -0.141. The molecular weight excluding hydrogens is 325 g/mol. The Morgan fingerprint density at radius 2 is 2.21 bits per heavy atom. The van der Waals surface area contributed by atoms with E-state index in [9.17, 15) is 23.1 Å². The molecule has 0 aromatic carbocycles. The Morgan fingerprint density at radius 3 is 2.83 bits per heavy atom. The predicted molar refractivity (Wildman–Crippen MR) is 79.3 cm³/mol. The Morgan fingerprint density at radius 1 is 1.46 bits per heavy atom. The summed E-state index contributed by atoms with van der Waals surface area (Å²) in [5, 5.41) is 15.3. The van der Waals surface area contributed by atoms with Crippen LogP contribution in [0.3, 0.4) is 0 Å². The van der Waals surface area contributed by atoms with E-state index in [1.807, 2.05) is 12.1 Å². The minimum Gasteiger partial charge on any atom is -0.396 e. The number of fused-ring (bicyclic) bond motifs is 1. The minimum absolute atomic E-state index is 0.00924. The van der Waals surface area contributed by atoms with Crippen molar-refractivity contribution < 1.29 is 23.1 Å². The number of rotatable bonds is 2. The largest absolute Gasteiger partial charge is 0.432 e. The van der Waals surface area contributed by atoms with Gasteiger partial charge in [0.1, 0.15) is 5.69 Å². The first-order valence-electron chi connectivity index (χ1n) is 8.00. The number of aromatic amines is 1. The minimum atomic E-state index is -4.55. The summed E-state index contributed by atoms with van der Waals surface area (Å²) in [5.41, 5.74) is -1.48. The fourth-order valence-corrected chi connectivity index (χ4v) is 3.94. The van der Waals surface area contributed by atoms with Gasteiger partial charge >= 0.3 is 6.18 Å². The summed E-state index contributed by atoms with van der Waals surface area (Å²) in [5.74, 6) is -0.507. The van der Waals surface area contributed by atoms with Crippen molar-refractivity contribution in [3.8, 4) is 0 Å². The molecule has 3 heterocycles. The first kappa shape index (κ1) is 17.2. The Hall–Kier alpha value is -1.61. The van der Waals surface area contributed by atoms with E-state index in [2.05, 4.69) is 10.00 Å². The van der Waals surface area contributed by atoms with Crippen molar-refractivity contribution >= 4 is 5.91 Å². The number of likely N-dealkylation sites (tertiary alicyclic amines) is 2. The molecule has 2 N–H and O–H groups in total. The molecule has 134 valence electrons. The van der Waals surface area contributed by atoms with Gasteiger partial charge in [-0.15, -0.1) is 0 Å². The van der Waals surface area contributed by atoms with Crippen molar-refractivity contribution in [1.29, 1.82) is 0 Å². The molecule has 9 heteroatoms. The topological polar surface area (TPSA) is 72.5 Å². The van der Waals surface area contributed by atoms with Crippen molar-refractivity contribution in [3.63, 3.8) is 0 Å². The molecule has 0 aliphatic carbocycles. The molecule has 2 aliphatic rings. The van der Waals surface area contributed by atoms with Crippen LogP contribution in [0.4, 0.5) is 13.2 Å². The molecule has 0 saturated carbocycles. The molecule has 2 atom stereocenters. The van der Waals surface area contributed by atoms with E-state index in [-0.39, 0.29) is 23.8 Å². The zero-order valence-electron chi connectivity index (χ0n) is 13.4. The number of H-pyrrole nitrogens is 1. The normalized spacial score (nSPS) is 28.7. The van der Waals surface area contributed by atoms with Gasteiger partial charge in [0.05, 0.1) is 6.61 Å². The molecule has 0 spiro atoms. The molecule has 2 fully saturated rings. The van der Waals surface area contributed by atoms with Gasteiger partial charge in [-0.3, -0.25) is 9.89 Å². The van der Waals surface area contributed by atoms with Crippen LogP contribution >= 0.6 is 0 Å². The molecule has 24 heavy (non-hydrogen) atoms. The van der Waals surface area contributed by atoms with E-state index < -0.39 is 17.8 Å². The van der Waals surface area contributed by atoms with Crippen LogP contribution in [0.2, 0.25) is 0 Å². The second-order valence-electron chi connectivity index (χ2n) is 6.79. The lowest BCUT2D eigenvalue weighted by Crippen LogP contribution is -2.62. The summed E-state index contributed by atoms with van der Waals surface area (Å²) in [6.45, 7) is 1.75. The maximum atomic E-state index is 12.6. The number of nitrogens with zero attached hydrogens (tertiary/aromatic N) is 3. The van der Waals surface area contributed by atoms with Gasteiger partial charge in [0, 0.05) is 30.6 Å². The fourth-order valence-electron chi connectivity index (χ4n) is 3.94. The molecule has 0 radical (unpaired) electrons. The van der Waals surface area contributed by atoms with Crippen molar-refractivity contribution in [2.45, 2.75) is 31.5 Å². The van der Waals surface area contributed by atoms with Gasteiger partial charge in [0.2, 0.25) is 0 Å². The third-order valence-corrected chi connectivity index (χ3v) is 5.40. The summed E-state index contributed by atoms with van der Waals surface area (Å²) < 4.78 is 37.9. The van der Waals surface area contributed by atoms with Crippen LogP contribution in [0.15, 0.2) is 6.07 Å². The summed E-state index contributed by atoms with van der Waals surface area (Å²) >= 11 is 0. The standard InChI is InChI=1S/C15H21F3N4O2/c1-21-5-2-3-14(9-23)4-6-22(8-12(14)21)13(24)10-7-11(20-19-10)15(16,17)18/h7,12,23H,2-6,8-9H2,1H3,(H,19,20)/t12-,14-/m1/s1. The highest BCUT2D eigenvalue weighted by atomic mass is 19.4. The van der Waals surface area contributed by atoms with E-state index in [0.717, 1.165) is 25.5 Å². The van der Waals surface area contributed by atoms with Crippen LogP contribution in [-0.4, -0.2) is 70.3 Å². The Balaban J connectivity index is 1.76. The maximum Gasteiger partial charge on any atom is 0.432 e. The molecule has 0 unspecified atom stereocenters. The number of hydrogen-bond donors (Lipinski definition) is 2. The Labute approximate surface area is 137 Å². The van der Waals surface area contributed by atoms with Crippen LogP contribution in [0.1, 0.15) is 35.4 Å². The van der Waals surface area contributed by atoms with Crippen LogP contribution < -0.4 is 0 Å². The van der Waals surface area contributed by atoms with Gasteiger partial charge in [-0.25, -0.2) is 0 Å². The van der Waals surface area contributed by atoms with Gasteiger partial charge in [-0.05, 0) is 32.9 Å². The average Bonchev–Trinajstić information content (AvgIpc) is 3.04. The average molecular weight is 346 g/mol. The predicted octanol–water partition coefficient (Wildman–Crippen LogP) is 1.35. The maximum absolute atomic E-state index is 12.6. The van der Waals surface area contributed by atoms with Crippen LogP contribution in [0.5, 0.6) is 0 Å². The summed E-state index contributed by atoms with van der Waals surface area (Å²) in [6, 6.07) is 0.760. The van der Waals surface area contributed by atoms with E-state index in [4.69, 9.17) is 0 Å². The van der Waals surface area contributed by atoms with E-state index in [1.165, 1.54) is 4.90 Å². The molecule has 1 aromatic heterocycles. The fraction of sp³-hybridized carbons (Fsp3) is 0.733. The second kappa shape index (κ2) is 6.03. The lowest BCUT2D eigenvalue weighted by atomic mass is 9.69. The number of piperidine rings is 2. The number of aromatic nitrogens is 2. The quantitative estimate of drug-likeness (QED) is 0.848. The van der Waals surface area contributed by atoms with Crippen LogP contribution in [0, 0.1) is 5.41 Å². The SMILES string of the molecule is CN1CCC[C@]2(CO)CCN(C(=O)c3cc(C(F)(F)F)[nH]n3)C[C@@H]12. The van der Waals surface area contributed by atoms with Crippen molar-refractivity contribution in [3.05, 3.63) is 17.5 Å². The zero-order chi connectivity index (χ0) is 17.5. The second-order valence-corrected chi connectivity index (χ2v) is 6.79. The van der Waals surface area contributed by atoms with Gasteiger partial charge in [0.25, 0.3) is 5.91 Å². The molecule has 2 aliphatic heterocycles. The summed E-state index contributed by atoms with van der Waals surface area (Å²) in [4.78, 5) is 16.2. The number of amides is 1. The Bertz CT molecular complexity index is 618. The molecule has 3 rings (SSSR count). The molecule has 0 bridgehead atoms. The van der Waals surface area contributed by atoms with Crippen molar-refractivity contribution in [2.75, 3.05) is 33.3 Å². The van der Waals surface area contributed by atoms with Gasteiger partial charge in [0.15, 0.2) is 5.69 Å². The molecule has 1 aromatic rings. The first-order valence-corrected chi connectivity index (χ1v) is 8.00. The molecule has 1 amide bonds. The number of nitrogens with one attached hydrogen (secondary N) is 1. The van der Waals surface area contributed by atoms with Crippen molar-refractivity contribution in [1.82, 2.24) is 20.0 Å².